The van der Waals surface area contributed by atoms with Gasteiger partial charge in [-0.15, -0.1) is 0 Å². The monoisotopic (exact) mass is 263 g/mol. The van der Waals surface area contributed by atoms with Crippen molar-refractivity contribution in [2.45, 2.75) is 32.7 Å². The van der Waals surface area contributed by atoms with Gasteiger partial charge in [-0.3, -0.25) is 10.1 Å². The van der Waals surface area contributed by atoms with E-state index in [1.165, 1.54) is 0 Å². The lowest BCUT2D eigenvalue weighted by Gasteiger charge is -2.38. The minimum Gasteiger partial charge on any atom is -0.371 e. The summed E-state index contributed by atoms with van der Waals surface area (Å²) in [7, 11) is 0. The molecule has 1 saturated heterocycles. The Bertz CT molecular complexity index is 476. The molecule has 2 N–H and O–H groups in total. The molecule has 1 aromatic rings. The fraction of sp³-hybridized carbons (Fsp3) is 0.571. The van der Waals surface area contributed by atoms with E-state index in [4.69, 9.17) is 5.73 Å². The van der Waals surface area contributed by atoms with Crippen molar-refractivity contribution in [3.05, 3.63) is 33.9 Å². The molecule has 0 amide bonds. The summed E-state index contributed by atoms with van der Waals surface area (Å²) in [4.78, 5) is 12.7. The number of nitro groups is 1. The van der Waals surface area contributed by atoms with E-state index in [9.17, 15) is 10.1 Å². The summed E-state index contributed by atoms with van der Waals surface area (Å²) in [5, 5.41) is 10.8. The quantitative estimate of drug-likeness (QED) is 0.671. The van der Waals surface area contributed by atoms with E-state index in [0.29, 0.717) is 5.92 Å². The van der Waals surface area contributed by atoms with Crippen LogP contribution in [-0.2, 0) is 0 Å². The van der Waals surface area contributed by atoms with Crippen molar-refractivity contribution in [2.24, 2.45) is 11.7 Å². The molecule has 0 radical (unpaired) electrons. The highest BCUT2D eigenvalue weighted by Gasteiger charge is 2.26. The van der Waals surface area contributed by atoms with E-state index in [1.807, 2.05) is 13.0 Å². The van der Waals surface area contributed by atoms with Crippen LogP contribution in [0.5, 0.6) is 0 Å². The Morgan fingerprint density at radius 2 is 2.26 bits per heavy atom. The first-order valence-corrected chi connectivity index (χ1v) is 6.78. The van der Waals surface area contributed by atoms with Gasteiger partial charge < -0.3 is 10.6 Å². The van der Waals surface area contributed by atoms with Crippen LogP contribution in [0.4, 0.5) is 11.4 Å². The van der Waals surface area contributed by atoms with Crippen molar-refractivity contribution in [1.82, 2.24) is 0 Å². The van der Waals surface area contributed by atoms with Gasteiger partial charge in [-0.1, -0.05) is 13.3 Å². The third-order valence-corrected chi connectivity index (χ3v) is 4.05. The third-order valence-electron chi connectivity index (χ3n) is 4.05. The normalized spacial score (nSPS) is 23.4. The van der Waals surface area contributed by atoms with Gasteiger partial charge in [-0.25, -0.2) is 0 Å². The predicted molar refractivity (Wildman–Crippen MR) is 76.4 cm³/mol. The number of non-ortho nitro benzene ring substituents is 1. The van der Waals surface area contributed by atoms with Gasteiger partial charge in [0.1, 0.15) is 0 Å². The molecule has 1 aromatic carbocycles. The van der Waals surface area contributed by atoms with Crippen molar-refractivity contribution in [1.29, 1.82) is 0 Å². The van der Waals surface area contributed by atoms with Gasteiger partial charge in [0.2, 0.25) is 0 Å². The van der Waals surface area contributed by atoms with Gasteiger partial charge in [0.05, 0.1) is 4.92 Å². The van der Waals surface area contributed by atoms with Gasteiger partial charge in [-0.2, -0.15) is 0 Å². The number of nitro benzene ring substituents is 1. The second kappa shape index (κ2) is 5.57. The molecular formula is C14H21N3O2. The molecule has 1 fully saturated rings. The molecule has 19 heavy (non-hydrogen) atoms. The maximum Gasteiger partial charge on any atom is 0.269 e. The van der Waals surface area contributed by atoms with Crippen molar-refractivity contribution in [3.8, 4) is 0 Å². The fourth-order valence-electron chi connectivity index (χ4n) is 2.81. The molecular weight excluding hydrogens is 242 g/mol. The molecule has 5 heteroatoms. The molecule has 2 atom stereocenters. The Morgan fingerprint density at radius 1 is 1.53 bits per heavy atom. The molecule has 5 nitrogen and oxygen atoms in total. The first kappa shape index (κ1) is 13.8. The van der Waals surface area contributed by atoms with Gasteiger partial charge in [0.15, 0.2) is 0 Å². The number of nitrogens with two attached hydrogens (primary N) is 1. The minimum atomic E-state index is -0.349. The Balaban J connectivity index is 2.20. The first-order valence-electron chi connectivity index (χ1n) is 6.78. The lowest BCUT2D eigenvalue weighted by Crippen LogP contribution is -2.47. The van der Waals surface area contributed by atoms with E-state index in [2.05, 4.69) is 11.8 Å². The fourth-order valence-corrected chi connectivity index (χ4v) is 2.81. The van der Waals surface area contributed by atoms with Crippen molar-refractivity contribution in [2.75, 3.05) is 18.0 Å². The first-order chi connectivity index (χ1) is 9.02. The second-order valence-electron chi connectivity index (χ2n) is 5.29. The average molecular weight is 263 g/mol. The van der Waals surface area contributed by atoms with Crippen LogP contribution < -0.4 is 10.6 Å². The summed E-state index contributed by atoms with van der Waals surface area (Å²) in [6.45, 7) is 5.96. The number of rotatable bonds is 3. The van der Waals surface area contributed by atoms with Crippen molar-refractivity contribution in [3.63, 3.8) is 0 Å². The molecule has 2 unspecified atom stereocenters. The average Bonchev–Trinajstić information content (AvgIpc) is 2.39. The molecule has 0 bridgehead atoms. The molecule has 1 aliphatic rings. The Kier molecular flexibility index (Phi) is 4.04. The molecule has 0 aliphatic carbocycles. The van der Waals surface area contributed by atoms with Crippen LogP contribution in [0.3, 0.4) is 0 Å². The summed E-state index contributed by atoms with van der Waals surface area (Å²) in [5.41, 5.74) is 8.32. The smallest absolute Gasteiger partial charge is 0.269 e. The summed E-state index contributed by atoms with van der Waals surface area (Å²) in [6.07, 6.45) is 2.05. The minimum absolute atomic E-state index is 0.155. The van der Waals surface area contributed by atoms with E-state index in [1.54, 1.807) is 12.1 Å². The lowest BCUT2D eigenvalue weighted by atomic mass is 9.90. The van der Waals surface area contributed by atoms with Crippen LogP contribution in [0.25, 0.3) is 0 Å². The highest BCUT2D eigenvalue weighted by atomic mass is 16.6. The SMILES string of the molecule is CCC1CN(c2ccc([N+](=O)[O-])cc2C)CCC1N. The maximum atomic E-state index is 10.8. The molecule has 2 rings (SSSR count). The number of nitrogens with zero attached hydrogens (tertiary/aromatic N) is 2. The van der Waals surface area contributed by atoms with E-state index in [0.717, 1.165) is 37.2 Å². The summed E-state index contributed by atoms with van der Waals surface area (Å²) >= 11 is 0. The van der Waals surface area contributed by atoms with Crippen molar-refractivity contribution < 1.29 is 4.92 Å². The second-order valence-corrected chi connectivity index (χ2v) is 5.29. The van der Waals surface area contributed by atoms with Crippen LogP contribution in [0.1, 0.15) is 25.3 Å². The number of benzene rings is 1. The van der Waals surface area contributed by atoms with Crippen molar-refractivity contribution >= 4 is 11.4 Å². The number of hydrogen-bond donors (Lipinski definition) is 1. The highest BCUT2D eigenvalue weighted by Crippen LogP contribution is 2.29. The zero-order valence-corrected chi connectivity index (χ0v) is 11.5. The van der Waals surface area contributed by atoms with Crippen LogP contribution in [0, 0.1) is 23.0 Å². The van der Waals surface area contributed by atoms with Crippen LogP contribution in [0.15, 0.2) is 18.2 Å². The van der Waals surface area contributed by atoms with Crippen LogP contribution in [-0.4, -0.2) is 24.1 Å². The Morgan fingerprint density at radius 3 is 2.84 bits per heavy atom. The standard InChI is InChI=1S/C14H21N3O2/c1-3-11-9-16(7-6-13(11)15)14-5-4-12(17(18)19)8-10(14)2/h4-5,8,11,13H,3,6-7,9,15H2,1-2H3. The molecule has 0 aromatic heterocycles. The predicted octanol–water partition coefficient (Wildman–Crippen LogP) is 2.47. The molecule has 0 saturated carbocycles. The number of anilines is 1. The lowest BCUT2D eigenvalue weighted by molar-refractivity contribution is -0.384. The van der Waals surface area contributed by atoms with Gasteiger partial charge in [-0.05, 0) is 30.9 Å². The van der Waals surface area contributed by atoms with Gasteiger partial charge in [0, 0.05) is 37.0 Å². The van der Waals surface area contributed by atoms with Crippen LogP contribution in [0.2, 0.25) is 0 Å². The van der Waals surface area contributed by atoms with E-state index in [-0.39, 0.29) is 16.7 Å². The Labute approximate surface area is 113 Å². The van der Waals surface area contributed by atoms with Crippen LogP contribution >= 0.6 is 0 Å². The molecule has 0 spiro atoms. The maximum absolute atomic E-state index is 10.8. The Hall–Kier alpha value is -1.62. The summed E-state index contributed by atoms with van der Waals surface area (Å²) in [5.74, 6) is 0.503. The topological polar surface area (TPSA) is 72.4 Å². The number of piperidine rings is 1. The van der Waals surface area contributed by atoms with E-state index < -0.39 is 0 Å². The van der Waals surface area contributed by atoms with Gasteiger partial charge in [0.25, 0.3) is 5.69 Å². The zero-order valence-electron chi connectivity index (χ0n) is 11.5. The molecule has 1 aliphatic heterocycles. The number of aryl methyl sites for hydroxylation is 1. The van der Waals surface area contributed by atoms with E-state index >= 15 is 0 Å². The summed E-state index contributed by atoms with van der Waals surface area (Å²) in [6, 6.07) is 5.36. The molecule has 1 heterocycles. The molecule has 104 valence electrons. The highest BCUT2D eigenvalue weighted by molar-refractivity contribution is 5.57. The third kappa shape index (κ3) is 2.87. The van der Waals surface area contributed by atoms with Gasteiger partial charge >= 0.3 is 0 Å². The zero-order chi connectivity index (χ0) is 14.0. The summed E-state index contributed by atoms with van der Waals surface area (Å²) < 4.78 is 0. The largest absolute Gasteiger partial charge is 0.371 e. The number of hydrogen-bond acceptors (Lipinski definition) is 4.